The normalized spacial score (nSPS) is 13.4. The third kappa shape index (κ3) is 1.75. The Labute approximate surface area is 100 Å². The number of aliphatic hydroxyl groups is 1. The van der Waals surface area contributed by atoms with Crippen molar-refractivity contribution in [2.45, 2.75) is 20.0 Å². The molecule has 15 heavy (non-hydrogen) atoms. The maximum atomic E-state index is 9.44. The van der Waals surface area contributed by atoms with Gasteiger partial charge in [-0.05, 0) is 35.8 Å². The van der Waals surface area contributed by atoms with E-state index >= 15 is 0 Å². The van der Waals surface area contributed by atoms with Gasteiger partial charge in [0.25, 0.3) is 0 Å². The first-order chi connectivity index (χ1) is 7.00. The van der Waals surface area contributed by atoms with Gasteiger partial charge < -0.3 is 5.11 Å². The molecular weight excluding hydrogens is 281 g/mol. The van der Waals surface area contributed by atoms with Crippen molar-refractivity contribution in [2.75, 3.05) is 0 Å². The SMILES string of the molecule is Cc1nn2c(Cl)cc(C(C)O)nc2c1Br. The molecule has 0 amide bonds. The number of aryl methyl sites for hydroxylation is 1. The van der Waals surface area contributed by atoms with Crippen LogP contribution < -0.4 is 0 Å². The Morgan fingerprint density at radius 1 is 1.60 bits per heavy atom. The lowest BCUT2D eigenvalue weighted by molar-refractivity contribution is 0.194. The summed E-state index contributed by atoms with van der Waals surface area (Å²) in [4.78, 5) is 4.28. The van der Waals surface area contributed by atoms with Crippen molar-refractivity contribution in [1.29, 1.82) is 0 Å². The summed E-state index contributed by atoms with van der Waals surface area (Å²) in [6.45, 7) is 3.50. The van der Waals surface area contributed by atoms with E-state index in [-0.39, 0.29) is 0 Å². The summed E-state index contributed by atoms with van der Waals surface area (Å²) in [7, 11) is 0. The molecule has 1 atom stereocenters. The van der Waals surface area contributed by atoms with Crippen LogP contribution in [0, 0.1) is 6.92 Å². The van der Waals surface area contributed by atoms with Crippen LogP contribution >= 0.6 is 27.5 Å². The average molecular weight is 291 g/mol. The molecule has 2 rings (SSSR count). The van der Waals surface area contributed by atoms with Gasteiger partial charge in [0.15, 0.2) is 5.65 Å². The summed E-state index contributed by atoms with van der Waals surface area (Å²) in [6, 6.07) is 1.61. The van der Waals surface area contributed by atoms with E-state index in [9.17, 15) is 5.11 Å². The molecule has 0 radical (unpaired) electrons. The first kappa shape index (κ1) is 10.9. The second-order valence-corrected chi connectivity index (χ2v) is 4.49. The fourth-order valence-corrected chi connectivity index (χ4v) is 1.86. The van der Waals surface area contributed by atoms with Crippen LogP contribution in [0.4, 0.5) is 0 Å². The second-order valence-electron chi connectivity index (χ2n) is 3.31. The number of aliphatic hydroxyl groups excluding tert-OH is 1. The highest BCUT2D eigenvalue weighted by Gasteiger charge is 2.13. The molecule has 0 aliphatic rings. The molecule has 0 saturated heterocycles. The molecule has 1 unspecified atom stereocenters. The lowest BCUT2D eigenvalue weighted by atomic mass is 10.3. The molecule has 2 aromatic rings. The van der Waals surface area contributed by atoms with E-state index in [4.69, 9.17) is 11.6 Å². The zero-order chi connectivity index (χ0) is 11.2. The zero-order valence-electron chi connectivity index (χ0n) is 8.20. The second kappa shape index (κ2) is 3.73. The van der Waals surface area contributed by atoms with E-state index in [1.54, 1.807) is 13.0 Å². The van der Waals surface area contributed by atoms with Crippen LogP contribution in [0.2, 0.25) is 5.15 Å². The Kier molecular flexibility index (Phi) is 2.70. The van der Waals surface area contributed by atoms with Crippen molar-refractivity contribution in [3.63, 3.8) is 0 Å². The first-order valence-electron chi connectivity index (χ1n) is 4.40. The Morgan fingerprint density at radius 3 is 2.87 bits per heavy atom. The minimum Gasteiger partial charge on any atom is -0.387 e. The van der Waals surface area contributed by atoms with Gasteiger partial charge in [-0.3, -0.25) is 0 Å². The van der Waals surface area contributed by atoms with Crippen LogP contribution in [-0.2, 0) is 0 Å². The molecule has 0 fully saturated rings. The van der Waals surface area contributed by atoms with Gasteiger partial charge in [0.1, 0.15) is 5.15 Å². The zero-order valence-corrected chi connectivity index (χ0v) is 10.5. The number of aromatic nitrogens is 3. The summed E-state index contributed by atoms with van der Waals surface area (Å²) in [5.74, 6) is 0. The van der Waals surface area contributed by atoms with Crippen molar-refractivity contribution < 1.29 is 5.11 Å². The number of nitrogens with zero attached hydrogens (tertiary/aromatic N) is 3. The Hall–Kier alpha value is -0.650. The van der Waals surface area contributed by atoms with Gasteiger partial charge >= 0.3 is 0 Å². The standard InChI is InChI=1S/C9H9BrClN3O/c1-4-8(10)9-12-6(5(2)15)3-7(11)14(9)13-4/h3,5,15H,1-2H3. The van der Waals surface area contributed by atoms with E-state index in [0.717, 1.165) is 10.2 Å². The highest BCUT2D eigenvalue weighted by Crippen LogP contribution is 2.25. The smallest absolute Gasteiger partial charge is 0.171 e. The molecular formula is C9H9BrClN3O. The Balaban J connectivity index is 2.79. The largest absolute Gasteiger partial charge is 0.387 e. The molecule has 0 aliphatic heterocycles. The summed E-state index contributed by atoms with van der Waals surface area (Å²) < 4.78 is 2.33. The minimum atomic E-state index is -0.644. The van der Waals surface area contributed by atoms with Gasteiger partial charge in [0.2, 0.25) is 0 Å². The summed E-state index contributed by atoms with van der Waals surface area (Å²) in [6.07, 6.45) is -0.644. The Bertz CT molecular complexity index is 524. The van der Waals surface area contributed by atoms with E-state index in [1.165, 1.54) is 4.52 Å². The lowest BCUT2D eigenvalue weighted by Gasteiger charge is -2.05. The number of hydrogen-bond acceptors (Lipinski definition) is 3. The molecule has 1 N–H and O–H groups in total. The van der Waals surface area contributed by atoms with Crippen LogP contribution in [0.25, 0.3) is 5.65 Å². The summed E-state index contributed by atoms with van der Waals surface area (Å²) >= 11 is 9.40. The molecule has 2 aromatic heterocycles. The predicted octanol–water partition coefficient (Wildman–Crippen LogP) is 2.51. The number of halogens is 2. The molecule has 0 aliphatic carbocycles. The maximum absolute atomic E-state index is 9.44. The first-order valence-corrected chi connectivity index (χ1v) is 5.57. The van der Waals surface area contributed by atoms with Crippen LogP contribution in [0.3, 0.4) is 0 Å². The predicted molar refractivity (Wildman–Crippen MR) is 61.1 cm³/mol. The fourth-order valence-electron chi connectivity index (χ4n) is 1.29. The van der Waals surface area contributed by atoms with E-state index < -0.39 is 6.10 Å². The van der Waals surface area contributed by atoms with Gasteiger partial charge in [0.05, 0.1) is 22.0 Å². The number of hydrogen-bond donors (Lipinski definition) is 1. The Morgan fingerprint density at radius 2 is 2.27 bits per heavy atom. The molecule has 4 nitrogen and oxygen atoms in total. The third-order valence-corrected chi connectivity index (χ3v) is 3.29. The lowest BCUT2D eigenvalue weighted by Crippen LogP contribution is -2.00. The molecule has 6 heteroatoms. The molecule has 80 valence electrons. The van der Waals surface area contributed by atoms with Crippen molar-refractivity contribution in [1.82, 2.24) is 14.6 Å². The van der Waals surface area contributed by atoms with Crippen molar-refractivity contribution in [3.8, 4) is 0 Å². The van der Waals surface area contributed by atoms with Crippen LogP contribution in [0.15, 0.2) is 10.5 Å². The van der Waals surface area contributed by atoms with Crippen molar-refractivity contribution >= 4 is 33.2 Å². The van der Waals surface area contributed by atoms with Crippen LogP contribution in [0.5, 0.6) is 0 Å². The van der Waals surface area contributed by atoms with E-state index in [2.05, 4.69) is 26.0 Å². The monoisotopic (exact) mass is 289 g/mol. The quantitative estimate of drug-likeness (QED) is 0.821. The third-order valence-electron chi connectivity index (χ3n) is 2.10. The van der Waals surface area contributed by atoms with Gasteiger partial charge in [-0.2, -0.15) is 5.10 Å². The average Bonchev–Trinajstić information content (AvgIpc) is 2.45. The number of rotatable bonds is 1. The molecule has 0 bridgehead atoms. The van der Waals surface area contributed by atoms with Crippen molar-refractivity contribution in [2.24, 2.45) is 0 Å². The van der Waals surface area contributed by atoms with E-state index in [1.807, 2.05) is 6.92 Å². The van der Waals surface area contributed by atoms with Gasteiger partial charge in [-0.25, -0.2) is 9.50 Å². The summed E-state index contributed by atoms with van der Waals surface area (Å²) in [5.41, 5.74) is 1.97. The van der Waals surface area contributed by atoms with Crippen LogP contribution in [0.1, 0.15) is 24.4 Å². The summed E-state index contributed by atoms with van der Waals surface area (Å²) in [5, 5.41) is 14.1. The van der Waals surface area contributed by atoms with E-state index in [0.29, 0.717) is 16.5 Å². The molecule has 2 heterocycles. The number of fused-ring (bicyclic) bond motifs is 1. The molecule has 0 aromatic carbocycles. The maximum Gasteiger partial charge on any atom is 0.171 e. The molecule has 0 saturated carbocycles. The van der Waals surface area contributed by atoms with Gasteiger partial charge in [0, 0.05) is 0 Å². The topological polar surface area (TPSA) is 50.4 Å². The molecule has 0 spiro atoms. The van der Waals surface area contributed by atoms with Gasteiger partial charge in [-0.1, -0.05) is 11.6 Å². The van der Waals surface area contributed by atoms with Crippen molar-refractivity contribution in [3.05, 3.63) is 27.1 Å². The fraction of sp³-hybridized carbons (Fsp3) is 0.333. The van der Waals surface area contributed by atoms with Crippen LogP contribution in [-0.4, -0.2) is 19.7 Å². The minimum absolute atomic E-state index is 0.435. The van der Waals surface area contributed by atoms with Gasteiger partial charge in [-0.15, -0.1) is 0 Å². The highest BCUT2D eigenvalue weighted by molar-refractivity contribution is 9.10. The highest BCUT2D eigenvalue weighted by atomic mass is 79.9.